The molecule has 1 heterocycles. The van der Waals surface area contributed by atoms with Crippen molar-refractivity contribution in [1.82, 2.24) is 14.1 Å². The van der Waals surface area contributed by atoms with E-state index in [0.717, 1.165) is 0 Å². The van der Waals surface area contributed by atoms with Gasteiger partial charge in [0.15, 0.2) is 0 Å². The zero-order valence-corrected chi connectivity index (χ0v) is 19.2. The lowest BCUT2D eigenvalue weighted by Crippen LogP contribution is -2.31. The molecule has 0 aliphatic carbocycles. The first kappa shape index (κ1) is 23.1. The van der Waals surface area contributed by atoms with E-state index in [4.69, 9.17) is 0 Å². The molecule has 7 nitrogen and oxygen atoms in total. The van der Waals surface area contributed by atoms with Crippen LogP contribution >= 0.6 is 0 Å². The van der Waals surface area contributed by atoms with Crippen LogP contribution in [0.1, 0.15) is 51.6 Å². The maximum atomic E-state index is 12.9. The number of anilines is 1. The van der Waals surface area contributed by atoms with Gasteiger partial charge in [0.05, 0.1) is 11.4 Å². The van der Waals surface area contributed by atoms with Crippen LogP contribution in [-0.2, 0) is 26.8 Å². The van der Waals surface area contributed by atoms with Crippen molar-refractivity contribution < 1.29 is 13.2 Å². The third kappa shape index (κ3) is 5.05. The lowest BCUT2D eigenvalue weighted by molar-refractivity contribution is -0.116. The molecule has 0 atom stereocenters. The Balaban J connectivity index is 2.20. The number of carbonyl (C=O) groups is 1. The molecule has 29 heavy (non-hydrogen) atoms. The second kappa shape index (κ2) is 8.67. The summed E-state index contributed by atoms with van der Waals surface area (Å²) in [6, 6.07) is 7.73. The number of hydrogen-bond donors (Lipinski definition) is 1. The molecular formula is C21H32N4O3S. The number of sulfonamides is 1. The van der Waals surface area contributed by atoms with Gasteiger partial charge >= 0.3 is 0 Å². The Morgan fingerprint density at radius 1 is 1.10 bits per heavy atom. The Hall–Kier alpha value is -2.19. The molecule has 1 aromatic carbocycles. The van der Waals surface area contributed by atoms with Crippen LogP contribution in [0.4, 0.5) is 5.69 Å². The van der Waals surface area contributed by atoms with E-state index in [1.54, 1.807) is 27.7 Å². The van der Waals surface area contributed by atoms with Gasteiger partial charge in [0, 0.05) is 18.8 Å². The lowest BCUT2D eigenvalue weighted by atomic mass is 9.87. The molecule has 0 radical (unpaired) electrons. The summed E-state index contributed by atoms with van der Waals surface area (Å²) in [6.45, 7) is 14.0. The molecule has 0 saturated heterocycles. The van der Waals surface area contributed by atoms with Crippen LogP contribution < -0.4 is 5.32 Å². The molecule has 1 amide bonds. The standard InChI is InChI=1S/C21H32N4O3S/c1-8-24(9-2)29(27,28)20-15(3)23-25(16(20)4)14-19(26)22-18-12-10-17(11-13-18)21(5,6)7/h10-13H,8-9,14H2,1-7H3,(H,22,26). The predicted octanol–water partition coefficient (Wildman–Crippen LogP) is 3.47. The molecule has 0 saturated carbocycles. The van der Waals surface area contributed by atoms with Crippen molar-refractivity contribution in [2.45, 2.75) is 65.3 Å². The first-order chi connectivity index (χ1) is 13.4. The van der Waals surface area contributed by atoms with E-state index in [1.807, 2.05) is 24.3 Å². The molecule has 2 rings (SSSR count). The topological polar surface area (TPSA) is 84.3 Å². The van der Waals surface area contributed by atoms with E-state index < -0.39 is 10.0 Å². The van der Waals surface area contributed by atoms with Gasteiger partial charge in [-0.25, -0.2) is 8.42 Å². The van der Waals surface area contributed by atoms with Crippen molar-refractivity contribution in [2.24, 2.45) is 0 Å². The first-order valence-electron chi connectivity index (χ1n) is 9.86. The first-order valence-corrected chi connectivity index (χ1v) is 11.3. The fraction of sp³-hybridized carbons (Fsp3) is 0.524. The quantitative estimate of drug-likeness (QED) is 0.743. The molecule has 160 valence electrons. The highest BCUT2D eigenvalue weighted by atomic mass is 32.2. The van der Waals surface area contributed by atoms with E-state index in [0.29, 0.717) is 30.2 Å². The largest absolute Gasteiger partial charge is 0.324 e. The summed E-state index contributed by atoms with van der Waals surface area (Å²) < 4.78 is 28.7. The SMILES string of the molecule is CCN(CC)S(=O)(=O)c1c(C)nn(CC(=O)Nc2ccc(C(C)(C)C)cc2)c1C. The highest BCUT2D eigenvalue weighted by Crippen LogP contribution is 2.25. The predicted molar refractivity (Wildman–Crippen MR) is 116 cm³/mol. The molecule has 0 aliphatic rings. The van der Waals surface area contributed by atoms with Gasteiger partial charge in [0.2, 0.25) is 15.9 Å². The van der Waals surface area contributed by atoms with Crippen LogP contribution in [0.5, 0.6) is 0 Å². The molecule has 8 heteroatoms. The van der Waals surface area contributed by atoms with Gasteiger partial charge in [-0.1, -0.05) is 46.8 Å². The smallest absolute Gasteiger partial charge is 0.246 e. The molecule has 0 aliphatic heterocycles. The monoisotopic (exact) mass is 420 g/mol. The van der Waals surface area contributed by atoms with Gasteiger partial charge in [-0.15, -0.1) is 0 Å². The third-order valence-corrected chi connectivity index (χ3v) is 7.25. The number of carbonyl (C=O) groups excluding carboxylic acids is 1. The molecule has 1 aromatic heterocycles. The highest BCUT2D eigenvalue weighted by molar-refractivity contribution is 7.89. The van der Waals surface area contributed by atoms with Crippen LogP contribution in [0.3, 0.4) is 0 Å². The summed E-state index contributed by atoms with van der Waals surface area (Å²) in [5.74, 6) is -0.258. The Labute approximate surface area is 174 Å². The number of amides is 1. The van der Waals surface area contributed by atoms with E-state index in [-0.39, 0.29) is 22.8 Å². The van der Waals surface area contributed by atoms with Crippen molar-refractivity contribution in [2.75, 3.05) is 18.4 Å². The minimum absolute atomic E-state index is 0.0407. The number of rotatable bonds is 7. The summed E-state index contributed by atoms with van der Waals surface area (Å²) in [4.78, 5) is 12.7. The fourth-order valence-corrected chi connectivity index (χ4v) is 5.12. The summed E-state index contributed by atoms with van der Waals surface area (Å²) in [5.41, 5.74) is 2.78. The van der Waals surface area contributed by atoms with Gasteiger partial charge < -0.3 is 5.32 Å². The zero-order chi connectivity index (χ0) is 22.0. The zero-order valence-electron chi connectivity index (χ0n) is 18.4. The molecule has 0 fully saturated rings. The van der Waals surface area contributed by atoms with Crippen LogP contribution in [0.15, 0.2) is 29.2 Å². The normalized spacial score (nSPS) is 12.4. The van der Waals surface area contributed by atoms with Crippen molar-refractivity contribution in [1.29, 1.82) is 0 Å². The maximum absolute atomic E-state index is 12.9. The fourth-order valence-electron chi connectivity index (χ4n) is 3.29. The summed E-state index contributed by atoms with van der Waals surface area (Å²) in [6.07, 6.45) is 0. The second-order valence-electron chi connectivity index (χ2n) is 8.12. The van der Waals surface area contributed by atoms with Crippen molar-refractivity contribution in [3.63, 3.8) is 0 Å². The van der Waals surface area contributed by atoms with Crippen LogP contribution in [0, 0.1) is 13.8 Å². The molecule has 0 bridgehead atoms. The van der Waals surface area contributed by atoms with Gasteiger partial charge in [-0.05, 0) is 37.0 Å². The Kier molecular flexibility index (Phi) is 6.90. The van der Waals surface area contributed by atoms with E-state index in [1.165, 1.54) is 14.6 Å². The van der Waals surface area contributed by atoms with Gasteiger partial charge in [0.25, 0.3) is 0 Å². The summed E-state index contributed by atoms with van der Waals surface area (Å²) >= 11 is 0. The average molecular weight is 421 g/mol. The number of nitrogens with one attached hydrogen (secondary N) is 1. The van der Waals surface area contributed by atoms with Crippen molar-refractivity contribution >= 4 is 21.6 Å². The van der Waals surface area contributed by atoms with Crippen LogP contribution in [0.25, 0.3) is 0 Å². The van der Waals surface area contributed by atoms with Crippen molar-refractivity contribution in [3.05, 3.63) is 41.2 Å². The molecule has 1 N–H and O–H groups in total. The molecule has 2 aromatic rings. The van der Waals surface area contributed by atoms with Gasteiger partial charge in [0.1, 0.15) is 11.4 Å². The Morgan fingerprint density at radius 3 is 2.14 bits per heavy atom. The van der Waals surface area contributed by atoms with Crippen LogP contribution in [-0.4, -0.2) is 41.5 Å². The summed E-state index contributed by atoms with van der Waals surface area (Å²) in [7, 11) is -3.64. The van der Waals surface area contributed by atoms with Gasteiger partial charge in [-0.3, -0.25) is 9.48 Å². The average Bonchev–Trinajstić information content (AvgIpc) is 2.89. The van der Waals surface area contributed by atoms with Crippen LogP contribution in [0.2, 0.25) is 0 Å². The number of aryl methyl sites for hydroxylation is 1. The Morgan fingerprint density at radius 2 is 1.66 bits per heavy atom. The van der Waals surface area contributed by atoms with Crippen molar-refractivity contribution in [3.8, 4) is 0 Å². The number of hydrogen-bond acceptors (Lipinski definition) is 4. The van der Waals surface area contributed by atoms with Gasteiger partial charge in [-0.2, -0.15) is 9.40 Å². The molecular weight excluding hydrogens is 388 g/mol. The third-order valence-electron chi connectivity index (χ3n) is 4.95. The molecule has 0 unspecified atom stereocenters. The summed E-state index contributed by atoms with van der Waals surface area (Å²) in [5, 5.41) is 7.15. The van der Waals surface area contributed by atoms with E-state index in [9.17, 15) is 13.2 Å². The lowest BCUT2D eigenvalue weighted by Gasteiger charge is -2.19. The minimum atomic E-state index is -3.64. The number of nitrogens with zero attached hydrogens (tertiary/aromatic N) is 3. The van der Waals surface area contributed by atoms with E-state index >= 15 is 0 Å². The highest BCUT2D eigenvalue weighted by Gasteiger charge is 2.29. The maximum Gasteiger partial charge on any atom is 0.246 e. The number of benzene rings is 1. The minimum Gasteiger partial charge on any atom is -0.324 e. The number of aromatic nitrogens is 2. The van der Waals surface area contributed by atoms with E-state index in [2.05, 4.69) is 31.2 Å². The molecule has 0 spiro atoms. The Bertz CT molecular complexity index is 967. The second-order valence-corrected chi connectivity index (χ2v) is 10.00.